The maximum Gasteiger partial charge on any atom is 0.305 e. The van der Waals surface area contributed by atoms with Gasteiger partial charge in [-0.1, -0.05) is 12.8 Å². The van der Waals surface area contributed by atoms with Gasteiger partial charge in [0.2, 0.25) is 0 Å². The third-order valence-electron chi connectivity index (χ3n) is 3.83. The van der Waals surface area contributed by atoms with Crippen molar-refractivity contribution >= 4 is 11.8 Å². The fraction of sp³-hybridized carbons (Fsp3) is 0.579. The van der Waals surface area contributed by atoms with Gasteiger partial charge < -0.3 is 9.47 Å². The molecule has 0 heterocycles. The van der Waals surface area contributed by atoms with E-state index in [2.05, 4.69) is 0 Å². The predicted octanol–water partition coefficient (Wildman–Crippen LogP) is 4.40. The first-order valence-electron chi connectivity index (χ1n) is 8.33. The third-order valence-corrected chi connectivity index (χ3v) is 3.83. The van der Waals surface area contributed by atoms with Gasteiger partial charge in [0, 0.05) is 18.4 Å². The van der Waals surface area contributed by atoms with E-state index in [-0.39, 0.29) is 11.8 Å². The van der Waals surface area contributed by atoms with Gasteiger partial charge >= 0.3 is 5.97 Å². The number of hydrogen-bond acceptors (Lipinski definition) is 4. The number of ether oxygens (including phenoxy) is 2. The van der Waals surface area contributed by atoms with Crippen molar-refractivity contribution in [3.63, 3.8) is 0 Å². The summed E-state index contributed by atoms with van der Waals surface area (Å²) in [6.07, 6.45) is 4.61. The molecule has 0 aliphatic rings. The van der Waals surface area contributed by atoms with Crippen molar-refractivity contribution in [2.75, 3.05) is 13.7 Å². The molecule has 0 N–H and O–H groups in total. The molecule has 1 aromatic rings. The summed E-state index contributed by atoms with van der Waals surface area (Å²) >= 11 is 0. The Labute approximate surface area is 139 Å². The molecule has 0 aliphatic carbocycles. The van der Waals surface area contributed by atoms with E-state index >= 15 is 0 Å². The minimum atomic E-state index is -0.132. The lowest BCUT2D eigenvalue weighted by molar-refractivity contribution is -0.143. The van der Waals surface area contributed by atoms with Crippen LogP contribution in [0.1, 0.15) is 66.9 Å². The minimum Gasteiger partial charge on any atom is -0.496 e. The van der Waals surface area contributed by atoms with Gasteiger partial charge in [-0.15, -0.1) is 0 Å². The summed E-state index contributed by atoms with van der Waals surface area (Å²) in [4.78, 5) is 23.5. The molecular formula is C19H28O4. The zero-order chi connectivity index (χ0) is 17.2. The third kappa shape index (κ3) is 6.43. The molecular weight excluding hydrogens is 292 g/mol. The fourth-order valence-electron chi connectivity index (χ4n) is 2.72. The van der Waals surface area contributed by atoms with E-state index in [0.717, 1.165) is 48.1 Å². The lowest BCUT2D eigenvalue weighted by atomic mass is 9.99. The van der Waals surface area contributed by atoms with Crippen LogP contribution in [0.4, 0.5) is 0 Å². The monoisotopic (exact) mass is 320 g/mol. The summed E-state index contributed by atoms with van der Waals surface area (Å²) in [5.74, 6) is 0.887. The topological polar surface area (TPSA) is 52.6 Å². The molecule has 0 bridgehead atoms. The molecule has 128 valence electrons. The molecule has 0 aromatic heterocycles. The first-order chi connectivity index (χ1) is 11.0. The number of benzene rings is 1. The van der Waals surface area contributed by atoms with E-state index in [4.69, 9.17) is 9.47 Å². The van der Waals surface area contributed by atoms with Gasteiger partial charge in [0.1, 0.15) is 5.75 Å². The number of rotatable bonds is 10. The van der Waals surface area contributed by atoms with Gasteiger partial charge in [-0.25, -0.2) is 0 Å². The molecule has 0 amide bonds. The number of hydrogen-bond donors (Lipinski definition) is 0. The van der Waals surface area contributed by atoms with Crippen molar-refractivity contribution in [2.45, 2.75) is 59.3 Å². The van der Waals surface area contributed by atoms with E-state index in [1.54, 1.807) is 7.11 Å². The Balaban J connectivity index is 2.33. The highest BCUT2D eigenvalue weighted by molar-refractivity contribution is 5.96. The first-order valence-corrected chi connectivity index (χ1v) is 8.33. The van der Waals surface area contributed by atoms with Gasteiger partial charge in [-0.3, -0.25) is 9.59 Å². The summed E-state index contributed by atoms with van der Waals surface area (Å²) in [7, 11) is 1.65. The van der Waals surface area contributed by atoms with Gasteiger partial charge in [0.25, 0.3) is 0 Å². The molecule has 1 rings (SSSR count). The Morgan fingerprint density at radius 2 is 1.52 bits per heavy atom. The Morgan fingerprint density at radius 1 is 0.957 bits per heavy atom. The van der Waals surface area contributed by atoms with Crippen molar-refractivity contribution < 1.29 is 19.1 Å². The number of unbranched alkanes of at least 4 members (excludes halogenated alkanes) is 3. The van der Waals surface area contributed by atoms with Crippen molar-refractivity contribution in [3.05, 3.63) is 28.8 Å². The Kier molecular flexibility index (Phi) is 8.38. The number of methoxy groups -OCH3 is 1. The van der Waals surface area contributed by atoms with Crippen molar-refractivity contribution in [1.29, 1.82) is 0 Å². The molecule has 0 atom stereocenters. The van der Waals surface area contributed by atoms with Crippen LogP contribution >= 0.6 is 0 Å². The summed E-state index contributed by atoms with van der Waals surface area (Å²) < 4.78 is 10.2. The molecule has 23 heavy (non-hydrogen) atoms. The smallest absolute Gasteiger partial charge is 0.305 e. The van der Waals surface area contributed by atoms with Crippen LogP contribution in [0.3, 0.4) is 0 Å². The number of carbonyl (C=O) groups is 2. The average Bonchev–Trinajstić information content (AvgIpc) is 2.50. The van der Waals surface area contributed by atoms with Crippen molar-refractivity contribution in [3.8, 4) is 5.75 Å². The zero-order valence-corrected chi connectivity index (χ0v) is 14.7. The maximum atomic E-state index is 12.3. The standard InChI is InChI=1S/C19H28O4/c1-5-23-18(21)11-9-7-6-8-10-17(20)16-12-14(2)19(22-4)15(3)13-16/h12-13H,5-11H2,1-4H3. The number of esters is 1. The Morgan fingerprint density at radius 3 is 2.04 bits per heavy atom. The van der Waals surface area contributed by atoms with Crippen LogP contribution < -0.4 is 4.74 Å². The lowest BCUT2D eigenvalue weighted by Gasteiger charge is -2.10. The molecule has 0 radical (unpaired) electrons. The summed E-state index contributed by atoms with van der Waals surface area (Å²) in [5.41, 5.74) is 2.74. The molecule has 0 saturated heterocycles. The molecule has 0 saturated carbocycles. The SMILES string of the molecule is CCOC(=O)CCCCCCC(=O)c1cc(C)c(OC)c(C)c1. The van der Waals surface area contributed by atoms with Gasteiger partial charge in [-0.2, -0.15) is 0 Å². The minimum absolute atomic E-state index is 0.132. The Bertz CT molecular complexity index is 511. The van der Waals surface area contributed by atoms with Crippen LogP contribution in [0.2, 0.25) is 0 Å². The van der Waals surface area contributed by atoms with Crippen LogP contribution in [-0.2, 0) is 9.53 Å². The summed E-state index contributed by atoms with van der Waals surface area (Å²) in [6, 6.07) is 3.80. The molecule has 0 fully saturated rings. The van der Waals surface area contributed by atoms with E-state index in [1.165, 1.54) is 0 Å². The van der Waals surface area contributed by atoms with E-state index < -0.39 is 0 Å². The van der Waals surface area contributed by atoms with E-state index in [0.29, 0.717) is 19.4 Å². The van der Waals surface area contributed by atoms with E-state index in [1.807, 2.05) is 32.9 Å². The second-order valence-electron chi connectivity index (χ2n) is 5.79. The van der Waals surface area contributed by atoms with Crippen LogP contribution in [0.25, 0.3) is 0 Å². The number of ketones is 1. The van der Waals surface area contributed by atoms with Crippen LogP contribution in [0.5, 0.6) is 5.75 Å². The van der Waals surface area contributed by atoms with Crippen molar-refractivity contribution in [1.82, 2.24) is 0 Å². The average molecular weight is 320 g/mol. The zero-order valence-electron chi connectivity index (χ0n) is 14.7. The maximum absolute atomic E-state index is 12.3. The number of carbonyl (C=O) groups excluding carboxylic acids is 2. The second-order valence-corrected chi connectivity index (χ2v) is 5.79. The van der Waals surface area contributed by atoms with E-state index in [9.17, 15) is 9.59 Å². The summed E-state index contributed by atoms with van der Waals surface area (Å²) in [6.45, 7) is 6.16. The molecule has 0 spiro atoms. The van der Waals surface area contributed by atoms with Gasteiger partial charge in [0.05, 0.1) is 13.7 Å². The summed E-state index contributed by atoms with van der Waals surface area (Å²) in [5, 5.41) is 0. The van der Waals surface area contributed by atoms with Crippen LogP contribution in [0.15, 0.2) is 12.1 Å². The second kappa shape index (κ2) is 10.0. The van der Waals surface area contributed by atoms with Crippen LogP contribution in [0, 0.1) is 13.8 Å². The highest BCUT2D eigenvalue weighted by Crippen LogP contribution is 2.25. The van der Waals surface area contributed by atoms with Crippen LogP contribution in [-0.4, -0.2) is 25.5 Å². The molecule has 1 aromatic carbocycles. The Hall–Kier alpha value is -1.84. The van der Waals surface area contributed by atoms with Gasteiger partial charge in [0.15, 0.2) is 5.78 Å². The van der Waals surface area contributed by atoms with Gasteiger partial charge in [-0.05, 0) is 56.9 Å². The quantitative estimate of drug-likeness (QED) is 0.364. The largest absolute Gasteiger partial charge is 0.496 e. The first kappa shape index (κ1) is 19.2. The molecule has 4 heteroatoms. The highest BCUT2D eigenvalue weighted by Gasteiger charge is 2.11. The fourth-order valence-corrected chi connectivity index (χ4v) is 2.72. The molecule has 4 nitrogen and oxygen atoms in total. The number of aryl methyl sites for hydroxylation is 2. The highest BCUT2D eigenvalue weighted by atomic mass is 16.5. The number of Topliss-reactive ketones (excluding diaryl/α,β-unsaturated/α-hetero) is 1. The lowest BCUT2D eigenvalue weighted by Crippen LogP contribution is -2.03. The molecule has 0 unspecified atom stereocenters. The molecule has 0 aliphatic heterocycles. The normalized spacial score (nSPS) is 10.4. The predicted molar refractivity (Wildman–Crippen MR) is 91.1 cm³/mol. The van der Waals surface area contributed by atoms with Crippen molar-refractivity contribution in [2.24, 2.45) is 0 Å².